The van der Waals surface area contributed by atoms with Crippen molar-refractivity contribution < 1.29 is 12.8 Å². The highest BCUT2D eigenvalue weighted by Gasteiger charge is 2.46. The number of para-hydroxylation sites is 1. The van der Waals surface area contributed by atoms with Crippen molar-refractivity contribution in [1.29, 1.82) is 0 Å². The summed E-state index contributed by atoms with van der Waals surface area (Å²) in [5.74, 6) is -0.165. The fraction of sp³-hybridized carbons (Fsp3) is 0.400. The number of fused-ring (bicyclic) bond motifs is 2. The van der Waals surface area contributed by atoms with Gasteiger partial charge in [-0.1, -0.05) is 36.4 Å². The van der Waals surface area contributed by atoms with Gasteiger partial charge in [0.05, 0.1) is 11.9 Å². The molecule has 0 aliphatic carbocycles. The molecule has 0 aromatic heterocycles. The highest BCUT2D eigenvalue weighted by atomic mass is 32.2. The van der Waals surface area contributed by atoms with E-state index in [4.69, 9.17) is 0 Å². The van der Waals surface area contributed by atoms with Crippen molar-refractivity contribution in [3.63, 3.8) is 0 Å². The maximum Gasteiger partial charge on any atom is 0.232 e. The zero-order valence-electron chi connectivity index (χ0n) is 14.9. The van der Waals surface area contributed by atoms with Crippen molar-refractivity contribution in [2.24, 2.45) is 0 Å². The van der Waals surface area contributed by atoms with Gasteiger partial charge < -0.3 is 0 Å². The number of hydrogen-bond acceptors (Lipinski definition) is 3. The Kier molecular flexibility index (Phi) is 4.28. The number of halogens is 1. The molecule has 0 radical (unpaired) electrons. The zero-order chi connectivity index (χ0) is 18.4. The lowest BCUT2D eigenvalue weighted by Gasteiger charge is -2.39. The molecule has 0 saturated carbocycles. The van der Waals surface area contributed by atoms with Crippen LogP contribution in [0.25, 0.3) is 0 Å². The van der Waals surface area contributed by atoms with E-state index in [1.54, 1.807) is 10.4 Å². The second-order valence-electron chi connectivity index (χ2n) is 7.43. The first-order valence-corrected chi connectivity index (χ1v) is 10.8. The molecule has 2 aromatic rings. The van der Waals surface area contributed by atoms with Crippen molar-refractivity contribution in [3.05, 3.63) is 65.5 Å². The number of piperidine rings is 1. The van der Waals surface area contributed by atoms with Gasteiger partial charge in [0, 0.05) is 24.1 Å². The predicted molar refractivity (Wildman–Crippen MR) is 101 cm³/mol. The first kappa shape index (κ1) is 17.5. The van der Waals surface area contributed by atoms with E-state index in [2.05, 4.69) is 11.0 Å². The quantitative estimate of drug-likeness (QED) is 0.829. The van der Waals surface area contributed by atoms with Crippen LogP contribution in [0.2, 0.25) is 0 Å². The van der Waals surface area contributed by atoms with Crippen LogP contribution in [-0.4, -0.2) is 39.2 Å². The molecule has 0 unspecified atom stereocenters. The number of nitrogens with zero attached hydrogens (tertiary/aromatic N) is 2. The summed E-state index contributed by atoms with van der Waals surface area (Å²) in [7, 11) is -3.29. The number of benzene rings is 2. The summed E-state index contributed by atoms with van der Waals surface area (Å²) in [4.78, 5) is 2.26. The van der Waals surface area contributed by atoms with Crippen LogP contribution in [-0.2, 0) is 22.0 Å². The van der Waals surface area contributed by atoms with Gasteiger partial charge in [-0.25, -0.2) is 12.8 Å². The molecule has 2 aromatic carbocycles. The summed E-state index contributed by atoms with van der Waals surface area (Å²) >= 11 is 0. The fourth-order valence-corrected chi connectivity index (χ4v) is 5.31. The molecular formula is C20H23FN2O2S. The van der Waals surface area contributed by atoms with Gasteiger partial charge >= 0.3 is 0 Å². The minimum Gasteiger partial charge on any atom is -0.299 e. The summed E-state index contributed by atoms with van der Waals surface area (Å²) in [5, 5.41) is 0. The van der Waals surface area contributed by atoms with E-state index >= 15 is 0 Å². The molecule has 4 rings (SSSR count). The molecule has 138 valence electrons. The van der Waals surface area contributed by atoms with Crippen molar-refractivity contribution in [3.8, 4) is 0 Å². The molecule has 4 nitrogen and oxygen atoms in total. The molecule has 0 bridgehead atoms. The first-order chi connectivity index (χ1) is 12.4. The minimum atomic E-state index is -3.29. The molecule has 0 N–H and O–H groups in total. The van der Waals surface area contributed by atoms with E-state index in [-0.39, 0.29) is 11.2 Å². The Morgan fingerprint density at radius 3 is 2.38 bits per heavy atom. The molecule has 2 heterocycles. The highest BCUT2D eigenvalue weighted by Crippen LogP contribution is 2.47. The average molecular weight is 374 g/mol. The van der Waals surface area contributed by atoms with Crippen molar-refractivity contribution in [2.75, 3.05) is 30.2 Å². The Hall–Kier alpha value is -1.92. The number of sulfonamides is 1. The van der Waals surface area contributed by atoms with Crippen LogP contribution in [0.1, 0.15) is 24.0 Å². The summed E-state index contributed by atoms with van der Waals surface area (Å²) in [5.41, 5.74) is 2.53. The molecule has 26 heavy (non-hydrogen) atoms. The van der Waals surface area contributed by atoms with Gasteiger partial charge in [0.1, 0.15) is 5.82 Å². The largest absolute Gasteiger partial charge is 0.299 e. The molecule has 2 aliphatic heterocycles. The van der Waals surface area contributed by atoms with E-state index in [9.17, 15) is 12.8 Å². The van der Waals surface area contributed by atoms with Crippen LogP contribution in [0.5, 0.6) is 0 Å². The van der Waals surface area contributed by atoms with Crippen molar-refractivity contribution >= 4 is 15.7 Å². The maximum atomic E-state index is 13.9. The van der Waals surface area contributed by atoms with Gasteiger partial charge in [-0.15, -0.1) is 0 Å². The molecule has 1 saturated heterocycles. The van der Waals surface area contributed by atoms with Crippen LogP contribution >= 0.6 is 0 Å². The number of rotatable bonds is 3. The first-order valence-electron chi connectivity index (χ1n) is 8.92. The Morgan fingerprint density at radius 2 is 1.69 bits per heavy atom. The van der Waals surface area contributed by atoms with Crippen LogP contribution < -0.4 is 4.31 Å². The van der Waals surface area contributed by atoms with E-state index in [0.29, 0.717) is 18.7 Å². The van der Waals surface area contributed by atoms with Crippen molar-refractivity contribution in [2.45, 2.75) is 24.8 Å². The number of likely N-dealkylation sites (tertiary alicyclic amines) is 1. The standard InChI is InChI=1S/C20H23FN2O2S/c1-26(24,25)23-15-20(17-7-3-5-9-19(17)23)10-12-22(13-11-20)14-16-6-2-4-8-18(16)21/h2-9H,10-15H2,1H3. The monoisotopic (exact) mass is 374 g/mol. The summed E-state index contributed by atoms with van der Waals surface area (Å²) in [6, 6.07) is 14.7. The second-order valence-corrected chi connectivity index (χ2v) is 9.34. The Morgan fingerprint density at radius 1 is 1.04 bits per heavy atom. The van der Waals surface area contributed by atoms with E-state index in [0.717, 1.165) is 37.2 Å². The Balaban J connectivity index is 1.55. The van der Waals surface area contributed by atoms with Gasteiger partial charge in [0.25, 0.3) is 0 Å². The van der Waals surface area contributed by atoms with Gasteiger partial charge in [0.2, 0.25) is 10.0 Å². The number of hydrogen-bond donors (Lipinski definition) is 0. The SMILES string of the molecule is CS(=O)(=O)N1CC2(CCN(Cc3ccccc3F)CC2)c2ccccc21. The van der Waals surface area contributed by atoms with Crippen LogP contribution in [0.15, 0.2) is 48.5 Å². The van der Waals surface area contributed by atoms with E-state index in [1.165, 1.54) is 12.3 Å². The molecule has 1 spiro atoms. The van der Waals surface area contributed by atoms with Gasteiger partial charge in [-0.05, 0) is 43.6 Å². The lowest BCUT2D eigenvalue weighted by atomic mass is 9.74. The molecule has 1 fully saturated rings. The van der Waals surface area contributed by atoms with Crippen molar-refractivity contribution in [1.82, 2.24) is 4.90 Å². The Labute approximate surface area is 154 Å². The summed E-state index contributed by atoms with van der Waals surface area (Å²) < 4.78 is 39.9. The third kappa shape index (κ3) is 3.01. The number of anilines is 1. The second kappa shape index (κ2) is 6.35. The van der Waals surface area contributed by atoms with Gasteiger partial charge in [0.15, 0.2) is 0 Å². The molecular weight excluding hydrogens is 351 g/mol. The highest BCUT2D eigenvalue weighted by molar-refractivity contribution is 7.92. The normalized spacial score (nSPS) is 19.7. The maximum absolute atomic E-state index is 13.9. The predicted octanol–water partition coefficient (Wildman–Crippen LogP) is 3.14. The summed E-state index contributed by atoms with van der Waals surface area (Å²) in [6.07, 6.45) is 3.03. The third-order valence-corrected chi connectivity index (χ3v) is 6.88. The van der Waals surface area contributed by atoms with E-state index < -0.39 is 10.0 Å². The molecule has 0 atom stereocenters. The Bertz CT molecular complexity index is 921. The fourth-order valence-electron chi connectivity index (χ4n) is 4.31. The van der Waals surface area contributed by atoms with E-state index in [1.807, 2.05) is 30.3 Å². The van der Waals surface area contributed by atoms with Crippen LogP contribution in [0.4, 0.5) is 10.1 Å². The third-order valence-electron chi connectivity index (χ3n) is 5.76. The van der Waals surface area contributed by atoms with Crippen LogP contribution in [0.3, 0.4) is 0 Å². The lowest BCUT2D eigenvalue weighted by molar-refractivity contribution is 0.159. The topological polar surface area (TPSA) is 40.6 Å². The smallest absolute Gasteiger partial charge is 0.232 e. The summed E-state index contributed by atoms with van der Waals surface area (Å²) in [6.45, 7) is 2.78. The zero-order valence-corrected chi connectivity index (χ0v) is 15.7. The lowest BCUT2D eigenvalue weighted by Crippen LogP contribution is -2.45. The van der Waals surface area contributed by atoms with Gasteiger partial charge in [-0.2, -0.15) is 0 Å². The molecule has 6 heteroatoms. The average Bonchev–Trinajstić information content (AvgIpc) is 2.94. The molecule has 2 aliphatic rings. The minimum absolute atomic E-state index is 0.134. The molecule has 0 amide bonds. The van der Waals surface area contributed by atoms with Gasteiger partial charge in [-0.3, -0.25) is 9.21 Å². The van der Waals surface area contributed by atoms with Crippen LogP contribution in [0, 0.1) is 5.82 Å².